The number of nitrogens with zero attached hydrogens (tertiary/aromatic N) is 1. The molecule has 0 saturated carbocycles. The van der Waals surface area contributed by atoms with Crippen molar-refractivity contribution in [2.75, 3.05) is 47.5 Å². The van der Waals surface area contributed by atoms with Crippen LogP contribution in [0.1, 0.15) is 290 Å². The van der Waals surface area contributed by atoms with Crippen molar-refractivity contribution in [3.8, 4) is 0 Å². The summed E-state index contributed by atoms with van der Waals surface area (Å²) in [5.74, 6) is -1.99. The van der Waals surface area contributed by atoms with E-state index in [2.05, 4.69) is 38.2 Å². The quantitative estimate of drug-likeness (QED) is 0.0211. The van der Waals surface area contributed by atoms with E-state index in [0.29, 0.717) is 17.4 Å². The molecule has 0 rings (SSSR count). The number of carbonyl (C=O) groups excluding carboxylic acids is 2. The topological polar surface area (TPSA) is 108 Å². The number of quaternary nitrogens is 1. The van der Waals surface area contributed by atoms with Crippen LogP contribution in [-0.4, -0.2) is 87.4 Å². The largest absolute Gasteiger partial charge is 0.477 e. The number of likely N-dealkylation sites (N-methyl/N-ethyl adjacent to an activating group) is 1. The van der Waals surface area contributed by atoms with E-state index in [4.69, 9.17) is 18.9 Å². The van der Waals surface area contributed by atoms with Gasteiger partial charge in [-0.2, -0.15) is 0 Å². The van der Waals surface area contributed by atoms with E-state index in [-0.39, 0.29) is 38.2 Å². The van der Waals surface area contributed by atoms with Gasteiger partial charge < -0.3 is 28.5 Å². The Morgan fingerprint density at radius 3 is 1.13 bits per heavy atom. The third-order valence-corrected chi connectivity index (χ3v) is 13.5. The summed E-state index contributed by atoms with van der Waals surface area (Å²) in [5, 5.41) is 9.65. The molecule has 2 unspecified atom stereocenters. The third kappa shape index (κ3) is 53.6. The lowest BCUT2D eigenvalue weighted by molar-refractivity contribution is -0.870. The summed E-state index contributed by atoms with van der Waals surface area (Å²) in [6, 6.07) is 0. The lowest BCUT2D eigenvalue weighted by atomic mass is 10.0. The zero-order valence-corrected chi connectivity index (χ0v) is 47.0. The minimum Gasteiger partial charge on any atom is -0.477 e. The van der Waals surface area contributed by atoms with Gasteiger partial charge >= 0.3 is 17.9 Å². The van der Waals surface area contributed by atoms with Crippen molar-refractivity contribution in [1.82, 2.24) is 0 Å². The number of carboxylic acids is 1. The van der Waals surface area contributed by atoms with Crippen LogP contribution in [0.3, 0.4) is 0 Å². The smallest absolute Gasteiger partial charge is 0.361 e. The summed E-state index contributed by atoms with van der Waals surface area (Å²) in [4.78, 5) is 37.1. The highest BCUT2D eigenvalue weighted by Crippen LogP contribution is 2.18. The molecule has 9 nitrogen and oxygen atoms in total. The SMILES string of the molecule is CCCCCCC/C=C\C/C=C\CCCCCCCCCCCCCCCCCCCCCCCCCCCC(=O)OC(COC(=O)CCCCCCCCCC)COC(OCC[N+](C)(C)C)C(=O)O. The molecular formula is C61H116NO8+. The number of carbonyl (C=O) groups is 3. The number of hydrogen-bond acceptors (Lipinski definition) is 7. The summed E-state index contributed by atoms with van der Waals surface area (Å²) in [7, 11) is 5.97. The maximum Gasteiger partial charge on any atom is 0.361 e. The molecule has 0 fully saturated rings. The Hall–Kier alpha value is -2.23. The van der Waals surface area contributed by atoms with Crippen LogP contribution >= 0.6 is 0 Å². The standard InChI is InChI=1S/C61H115NO8/c1-6-8-10-12-14-16-17-18-19-20-21-22-23-24-25-26-27-28-29-30-31-32-33-34-35-36-37-38-39-40-41-42-43-44-46-48-50-52-59(64)70-57(56-69-61(60(65)66)67-54-53-62(3,4)5)55-68-58(63)51-49-47-45-15-13-11-9-7-2/h17-18,20-21,57,61H,6-16,19,22-56H2,1-5H3/p+1/b18-17-,21-20-. The molecule has 0 heterocycles. The molecule has 0 spiro atoms. The van der Waals surface area contributed by atoms with Crippen LogP contribution in [0.5, 0.6) is 0 Å². The van der Waals surface area contributed by atoms with Crippen LogP contribution in [0.15, 0.2) is 24.3 Å². The van der Waals surface area contributed by atoms with Crippen molar-refractivity contribution in [3.63, 3.8) is 0 Å². The van der Waals surface area contributed by atoms with Crippen molar-refractivity contribution in [2.45, 2.75) is 302 Å². The van der Waals surface area contributed by atoms with Crippen molar-refractivity contribution in [1.29, 1.82) is 0 Å². The van der Waals surface area contributed by atoms with Crippen molar-refractivity contribution < 1.29 is 42.9 Å². The van der Waals surface area contributed by atoms with Crippen LogP contribution in [-0.2, 0) is 33.3 Å². The molecule has 0 saturated heterocycles. The number of hydrogen-bond donors (Lipinski definition) is 1. The fourth-order valence-corrected chi connectivity index (χ4v) is 8.81. The maximum absolute atomic E-state index is 12.8. The first-order chi connectivity index (χ1) is 34.1. The van der Waals surface area contributed by atoms with Crippen LogP contribution in [0.25, 0.3) is 0 Å². The average Bonchev–Trinajstić information content (AvgIpc) is 3.33. The molecule has 0 bridgehead atoms. The molecule has 0 aromatic heterocycles. The molecule has 0 aliphatic heterocycles. The van der Waals surface area contributed by atoms with Gasteiger partial charge in [0.15, 0.2) is 6.10 Å². The van der Waals surface area contributed by atoms with Crippen LogP contribution in [0.4, 0.5) is 0 Å². The van der Waals surface area contributed by atoms with Gasteiger partial charge in [0, 0.05) is 12.8 Å². The van der Waals surface area contributed by atoms with E-state index in [1.807, 2.05) is 21.1 Å². The van der Waals surface area contributed by atoms with E-state index in [9.17, 15) is 19.5 Å². The van der Waals surface area contributed by atoms with Gasteiger partial charge in [0.25, 0.3) is 6.29 Å². The molecule has 0 aromatic rings. The zero-order valence-electron chi connectivity index (χ0n) is 47.0. The van der Waals surface area contributed by atoms with E-state index < -0.39 is 18.4 Å². The van der Waals surface area contributed by atoms with Gasteiger partial charge in [-0.15, -0.1) is 0 Å². The molecule has 2 atom stereocenters. The molecule has 9 heteroatoms. The Kier molecular flexibility index (Phi) is 51.4. The molecular weight excluding hydrogens is 875 g/mol. The summed E-state index contributed by atoms with van der Waals surface area (Å²) >= 11 is 0. The average molecular weight is 992 g/mol. The summed E-state index contributed by atoms with van der Waals surface area (Å²) < 4.78 is 22.8. The Morgan fingerprint density at radius 2 is 0.771 bits per heavy atom. The van der Waals surface area contributed by atoms with Crippen LogP contribution in [0, 0.1) is 0 Å². The normalized spacial score (nSPS) is 12.9. The summed E-state index contributed by atoms with van der Waals surface area (Å²) in [5.41, 5.74) is 0. The number of rotatable bonds is 56. The monoisotopic (exact) mass is 991 g/mol. The van der Waals surface area contributed by atoms with Crippen molar-refractivity contribution in [2.24, 2.45) is 0 Å². The highest BCUT2D eigenvalue weighted by Gasteiger charge is 2.25. The lowest BCUT2D eigenvalue weighted by Crippen LogP contribution is -2.40. The lowest BCUT2D eigenvalue weighted by Gasteiger charge is -2.25. The van der Waals surface area contributed by atoms with Gasteiger partial charge in [0.1, 0.15) is 13.2 Å². The first-order valence-electron chi connectivity index (χ1n) is 30.0. The number of unbranched alkanes of at least 4 members (excludes halogenated alkanes) is 37. The number of ether oxygens (including phenoxy) is 4. The van der Waals surface area contributed by atoms with Gasteiger partial charge in [0.2, 0.25) is 0 Å². The maximum atomic E-state index is 12.8. The summed E-state index contributed by atoms with van der Waals surface area (Å²) in [6.45, 7) is 4.86. The van der Waals surface area contributed by atoms with Gasteiger partial charge in [-0.3, -0.25) is 9.59 Å². The second kappa shape index (κ2) is 53.1. The van der Waals surface area contributed by atoms with Gasteiger partial charge in [-0.1, -0.05) is 256 Å². The number of esters is 2. The molecule has 0 aromatic carbocycles. The molecule has 1 N–H and O–H groups in total. The fourth-order valence-electron chi connectivity index (χ4n) is 8.81. The molecule has 70 heavy (non-hydrogen) atoms. The Morgan fingerprint density at radius 1 is 0.429 bits per heavy atom. The third-order valence-electron chi connectivity index (χ3n) is 13.5. The minimum absolute atomic E-state index is 0.176. The Bertz CT molecular complexity index is 1200. The minimum atomic E-state index is -1.50. The second-order valence-electron chi connectivity index (χ2n) is 21.7. The molecule has 0 aliphatic carbocycles. The molecule has 0 amide bonds. The number of aliphatic carboxylic acids is 1. The molecule has 0 aliphatic rings. The summed E-state index contributed by atoms with van der Waals surface area (Å²) in [6.07, 6.45) is 60.3. The Labute approximate surface area is 433 Å². The number of carboxylic acid groups (broad SMARTS) is 1. The predicted molar refractivity (Wildman–Crippen MR) is 295 cm³/mol. The van der Waals surface area contributed by atoms with Crippen molar-refractivity contribution >= 4 is 17.9 Å². The van der Waals surface area contributed by atoms with Crippen molar-refractivity contribution in [3.05, 3.63) is 24.3 Å². The predicted octanol–water partition coefficient (Wildman–Crippen LogP) is 17.5. The van der Waals surface area contributed by atoms with Gasteiger partial charge in [-0.25, -0.2) is 4.79 Å². The second-order valence-corrected chi connectivity index (χ2v) is 21.7. The van der Waals surface area contributed by atoms with Gasteiger partial charge in [-0.05, 0) is 44.9 Å². The first kappa shape index (κ1) is 67.8. The molecule has 0 radical (unpaired) electrons. The van der Waals surface area contributed by atoms with E-state index >= 15 is 0 Å². The highest BCUT2D eigenvalue weighted by atomic mass is 16.7. The van der Waals surface area contributed by atoms with E-state index in [1.165, 1.54) is 218 Å². The zero-order chi connectivity index (χ0) is 51.3. The first-order valence-corrected chi connectivity index (χ1v) is 30.0. The Balaban J connectivity index is 3.86. The van der Waals surface area contributed by atoms with Crippen LogP contribution in [0.2, 0.25) is 0 Å². The van der Waals surface area contributed by atoms with Gasteiger partial charge in [0.05, 0.1) is 34.4 Å². The van der Waals surface area contributed by atoms with E-state index in [1.54, 1.807) is 0 Å². The highest BCUT2D eigenvalue weighted by molar-refractivity contribution is 5.71. The van der Waals surface area contributed by atoms with E-state index in [0.717, 1.165) is 44.9 Å². The molecule has 412 valence electrons. The fraction of sp³-hybridized carbons (Fsp3) is 0.885. The number of allylic oxidation sites excluding steroid dienone is 4. The van der Waals surface area contributed by atoms with Crippen LogP contribution < -0.4 is 0 Å².